The molecule has 0 bridgehead atoms. The average Bonchev–Trinajstić information content (AvgIpc) is 3.63. The molecule has 4 aromatic rings. The zero-order valence-corrected chi connectivity index (χ0v) is 24.2. The maximum atomic E-state index is 13.4. The van der Waals surface area contributed by atoms with E-state index in [-0.39, 0.29) is 11.4 Å². The second kappa shape index (κ2) is 10.8. The van der Waals surface area contributed by atoms with Crippen LogP contribution in [0.15, 0.2) is 48.1 Å². The monoisotopic (exact) mass is 603 g/mol. The second-order valence-corrected chi connectivity index (χ2v) is 13.0. The van der Waals surface area contributed by atoms with Gasteiger partial charge < -0.3 is 5.32 Å². The number of thiazole rings is 2. The van der Waals surface area contributed by atoms with Crippen molar-refractivity contribution in [3.63, 3.8) is 0 Å². The van der Waals surface area contributed by atoms with Crippen LogP contribution in [0.5, 0.6) is 0 Å². The number of carbonyl (C=O) groups is 1. The Bertz CT molecular complexity index is 1530. The van der Waals surface area contributed by atoms with E-state index in [2.05, 4.69) is 39.5 Å². The van der Waals surface area contributed by atoms with Crippen LogP contribution in [0.1, 0.15) is 28.8 Å². The number of hydrogen-bond acceptors (Lipinski definition) is 6. The first-order valence-electron chi connectivity index (χ1n) is 12.3. The molecule has 2 amide bonds. The van der Waals surface area contributed by atoms with Gasteiger partial charge in [-0.05, 0) is 55.8 Å². The Morgan fingerprint density at radius 2 is 1.95 bits per heavy atom. The fourth-order valence-corrected chi connectivity index (χ4v) is 7.37. The maximum Gasteiger partial charge on any atom is 0.322 e. The summed E-state index contributed by atoms with van der Waals surface area (Å²) in [4.78, 5) is 27.5. The number of fused-ring (bicyclic) bond motifs is 4. The SMILES string of the molecule is O=C(NCc1cnc(Cl)s1)N1CC2(CCN(CC=Cc3ccc(Cl)c(Cl)c3)CC2)c2c1ccc1scnc21. The zero-order valence-electron chi connectivity index (χ0n) is 20.3. The number of likely N-dealkylation sites (tertiary alicyclic amines) is 1. The molecule has 196 valence electrons. The summed E-state index contributed by atoms with van der Waals surface area (Å²) in [5, 5.41) is 4.19. The number of anilines is 1. The van der Waals surface area contributed by atoms with Crippen LogP contribution in [0.4, 0.5) is 10.5 Å². The molecule has 6 rings (SSSR count). The molecule has 1 fully saturated rings. The van der Waals surface area contributed by atoms with Crippen LogP contribution < -0.4 is 10.2 Å². The lowest BCUT2D eigenvalue weighted by Crippen LogP contribution is -2.47. The number of amides is 2. The van der Waals surface area contributed by atoms with Crippen molar-refractivity contribution >= 4 is 85.5 Å². The smallest absolute Gasteiger partial charge is 0.322 e. The summed E-state index contributed by atoms with van der Waals surface area (Å²) in [5.41, 5.74) is 6.04. The first-order chi connectivity index (χ1) is 18.4. The van der Waals surface area contributed by atoms with Crippen LogP contribution in [0.3, 0.4) is 0 Å². The number of aromatic nitrogens is 2. The minimum Gasteiger partial charge on any atom is -0.333 e. The second-order valence-electron chi connectivity index (χ2n) is 9.64. The van der Waals surface area contributed by atoms with Crippen molar-refractivity contribution in [3.05, 3.63) is 78.6 Å². The lowest BCUT2D eigenvalue weighted by atomic mass is 9.74. The third-order valence-corrected chi connectivity index (χ3v) is 10.0. The molecule has 0 atom stereocenters. The van der Waals surface area contributed by atoms with E-state index in [1.54, 1.807) is 17.5 Å². The number of carbonyl (C=O) groups excluding carboxylic acids is 1. The Kier molecular flexibility index (Phi) is 7.37. The average molecular weight is 605 g/mol. The fourth-order valence-electron chi connectivity index (χ4n) is 5.47. The van der Waals surface area contributed by atoms with Gasteiger partial charge in [0.15, 0.2) is 4.47 Å². The number of halogens is 3. The predicted octanol–water partition coefficient (Wildman–Crippen LogP) is 7.49. The van der Waals surface area contributed by atoms with Gasteiger partial charge in [-0.3, -0.25) is 9.80 Å². The number of urea groups is 1. The minimum absolute atomic E-state index is 0.103. The van der Waals surface area contributed by atoms with Crippen molar-refractivity contribution in [1.29, 1.82) is 0 Å². The Labute approximate surface area is 243 Å². The molecule has 6 nitrogen and oxygen atoms in total. The van der Waals surface area contributed by atoms with Crippen molar-refractivity contribution in [2.75, 3.05) is 31.1 Å². The molecule has 0 aliphatic carbocycles. The van der Waals surface area contributed by atoms with E-state index < -0.39 is 0 Å². The van der Waals surface area contributed by atoms with Gasteiger partial charge in [0.2, 0.25) is 0 Å². The number of benzene rings is 2. The quantitative estimate of drug-likeness (QED) is 0.256. The molecule has 11 heteroatoms. The molecule has 1 saturated heterocycles. The Hall–Kier alpha value is -2.20. The first kappa shape index (κ1) is 26.0. The molecule has 0 radical (unpaired) electrons. The van der Waals surface area contributed by atoms with Crippen LogP contribution in [-0.2, 0) is 12.0 Å². The van der Waals surface area contributed by atoms with Gasteiger partial charge in [0.1, 0.15) is 0 Å². The highest BCUT2D eigenvalue weighted by atomic mass is 35.5. The normalized spacial score (nSPS) is 17.1. The lowest BCUT2D eigenvalue weighted by Gasteiger charge is -2.39. The fraction of sp³-hybridized carbons (Fsp3) is 0.296. The Balaban J connectivity index is 1.18. The summed E-state index contributed by atoms with van der Waals surface area (Å²) in [6.07, 6.45) is 7.89. The van der Waals surface area contributed by atoms with E-state index in [9.17, 15) is 4.79 Å². The van der Waals surface area contributed by atoms with Gasteiger partial charge in [0, 0.05) is 35.1 Å². The Morgan fingerprint density at radius 3 is 2.71 bits per heavy atom. The first-order valence-corrected chi connectivity index (χ1v) is 15.1. The predicted molar refractivity (Wildman–Crippen MR) is 159 cm³/mol. The summed E-state index contributed by atoms with van der Waals surface area (Å²) in [7, 11) is 0. The molecular formula is C27H24Cl3N5OS2. The van der Waals surface area contributed by atoms with E-state index in [1.807, 2.05) is 28.6 Å². The van der Waals surface area contributed by atoms with Crippen LogP contribution in [-0.4, -0.2) is 47.1 Å². The van der Waals surface area contributed by atoms with Gasteiger partial charge >= 0.3 is 6.03 Å². The molecule has 1 spiro atoms. The van der Waals surface area contributed by atoms with Crippen molar-refractivity contribution in [2.45, 2.75) is 24.8 Å². The highest BCUT2D eigenvalue weighted by molar-refractivity contribution is 7.16. The van der Waals surface area contributed by atoms with E-state index in [1.165, 1.54) is 16.9 Å². The van der Waals surface area contributed by atoms with Crippen molar-refractivity contribution in [3.8, 4) is 0 Å². The topological polar surface area (TPSA) is 61.4 Å². The molecule has 38 heavy (non-hydrogen) atoms. The molecular weight excluding hydrogens is 581 g/mol. The molecule has 2 aliphatic rings. The number of hydrogen-bond donors (Lipinski definition) is 1. The van der Waals surface area contributed by atoms with E-state index in [0.717, 1.165) is 58.8 Å². The largest absolute Gasteiger partial charge is 0.333 e. The maximum absolute atomic E-state index is 13.4. The number of piperidine rings is 1. The highest BCUT2D eigenvalue weighted by Gasteiger charge is 2.47. The number of nitrogens with zero attached hydrogens (tertiary/aromatic N) is 4. The van der Waals surface area contributed by atoms with Crippen molar-refractivity contribution in [1.82, 2.24) is 20.2 Å². The molecule has 0 saturated carbocycles. The molecule has 2 aliphatic heterocycles. The third kappa shape index (κ3) is 5.06. The molecule has 2 aromatic carbocycles. The van der Waals surface area contributed by atoms with Gasteiger partial charge in [-0.1, -0.05) is 53.0 Å². The summed E-state index contributed by atoms with van der Waals surface area (Å²) < 4.78 is 1.64. The number of nitrogens with one attached hydrogen (secondary N) is 1. The highest BCUT2D eigenvalue weighted by Crippen LogP contribution is 2.50. The van der Waals surface area contributed by atoms with Gasteiger partial charge in [-0.2, -0.15) is 0 Å². The minimum atomic E-state index is -0.113. The Morgan fingerprint density at radius 1 is 1.11 bits per heavy atom. The molecule has 0 unspecified atom stereocenters. The zero-order chi connectivity index (χ0) is 26.3. The van der Waals surface area contributed by atoms with E-state index >= 15 is 0 Å². The van der Waals surface area contributed by atoms with E-state index in [0.29, 0.717) is 27.6 Å². The van der Waals surface area contributed by atoms with Gasteiger partial charge in [-0.15, -0.1) is 22.7 Å². The van der Waals surface area contributed by atoms with Gasteiger partial charge in [0.25, 0.3) is 0 Å². The summed E-state index contributed by atoms with van der Waals surface area (Å²) in [6, 6.07) is 9.72. The molecule has 4 heterocycles. The summed E-state index contributed by atoms with van der Waals surface area (Å²) in [6.45, 7) is 3.80. The van der Waals surface area contributed by atoms with Crippen LogP contribution in [0.25, 0.3) is 16.3 Å². The van der Waals surface area contributed by atoms with Crippen molar-refractivity contribution < 1.29 is 4.79 Å². The van der Waals surface area contributed by atoms with Crippen molar-refractivity contribution in [2.24, 2.45) is 0 Å². The van der Waals surface area contributed by atoms with Crippen LogP contribution in [0, 0.1) is 0 Å². The number of rotatable bonds is 5. The standard InChI is InChI=1S/C27H24Cl3N5OS2/c28-19-4-3-17(12-20(19)29)2-1-9-34-10-7-27(8-11-34)15-35(26(36)32-14-18-13-31-25(30)38-18)21-5-6-22-24(23(21)27)33-16-37-22/h1-6,12-13,16H,7-11,14-15H2,(H,32,36). The molecule has 2 aromatic heterocycles. The lowest BCUT2D eigenvalue weighted by molar-refractivity contribution is 0.180. The van der Waals surface area contributed by atoms with E-state index in [4.69, 9.17) is 39.8 Å². The van der Waals surface area contributed by atoms with Crippen LogP contribution in [0.2, 0.25) is 14.5 Å². The summed E-state index contributed by atoms with van der Waals surface area (Å²) >= 11 is 21.2. The molecule has 1 N–H and O–H groups in total. The van der Waals surface area contributed by atoms with Gasteiger partial charge in [-0.25, -0.2) is 14.8 Å². The van der Waals surface area contributed by atoms with Crippen LogP contribution >= 0.6 is 57.5 Å². The third-order valence-electron chi connectivity index (χ3n) is 7.38. The van der Waals surface area contributed by atoms with Gasteiger partial charge in [0.05, 0.1) is 38.0 Å². The summed E-state index contributed by atoms with van der Waals surface area (Å²) in [5.74, 6) is 0.